The highest BCUT2D eigenvalue weighted by molar-refractivity contribution is 9.08. The fraction of sp³-hybridized carbons (Fsp3) is 0.154. The molecule has 1 amide bonds. The number of benzene rings is 1. The molecule has 1 aromatic heterocycles. The zero-order valence-electron chi connectivity index (χ0n) is 10.7. The first-order chi connectivity index (χ1) is 9.51. The van der Waals surface area contributed by atoms with Gasteiger partial charge in [-0.1, -0.05) is 28.1 Å². The third kappa shape index (κ3) is 3.05. The highest BCUT2D eigenvalue weighted by atomic mass is 79.9. The lowest BCUT2D eigenvalue weighted by molar-refractivity contribution is -0.384. The molecule has 0 unspecified atom stereocenters. The molecular formula is C13H12BrN3O3. The molecule has 0 saturated heterocycles. The maximum atomic E-state index is 12.1. The summed E-state index contributed by atoms with van der Waals surface area (Å²) in [6.45, 7) is 0. The van der Waals surface area contributed by atoms with Crippen molar-refractivity contribution < 1.29 is 9.72 Å². The van der Waals surface area contributed by atoms with Crippen molar-refractivity contribution in [3.05, 3.63) is 57.9 Å². The molecule has 104 valence electrons. The van der Waals surface area contributed by atoms with Gasteiger partial charge in [0.05, 0.1) is 11.1 Å². The van der Waals surface area contributed by atoms with E-state index in [1.54, 1.807) is 19.2 Å². The number of anilines is 1. The van der Waals surface area contributed by atoms with Gasteiger partial charge in [-0.2, -0.15) is 0 Å². The molecular weight excluding hydrogens is 326 g/mol. The van der Waals surface area contributed by atoms with Gasteiger partial charge in [0, 0.05) is 24.1 Å². The molecule has 20 heavy (non-hydrogen) atoms. The van der Waals surface area contributed by atoms with E-state index < -0.39 is 4.92 Å². The van der Waals surface area contributed by atoms with Crippen molar-refractivity contribution in [1.29, 1.82) is 0 Å². The molecule has 0 aliphatic rings. The molecule has 6 nitrogen and oxygen atoms in total. The number of carbonyl (C=O) groups excluding carboxylic acids is 1. The van der Waals surface area contributed by atoms with Crippen molar-refractivity contribution in [3.8, 4) is 0 Å². The Morgan fingerprint density at radius 3 is 2.55 bits per heavy atom. The van der Waals surface area contributed by atoms with Gasteiger partial charge in [-0.3, -0.25) is 14.9 Å². The Morgan fingerprint density at radius 1 is 1.40 bits per heavy atom. The van der Waals surface area contributed by atoms with Crippen LogP contribution in [0.2, 0.25) is 0 Å². The third-order valence-electron chi connectivity index (χ3n) is 2.80. The van der Waals surface area contributed by atoms with Crippen LogP contribution >= 0.6 is 15.9 Å². The first-order valence-electron chi connectivity index (χ1n) is 5.78. The van der Waals surface area contributed by atoms with Crippen LogP contribution in [0.5, 0.6) is 0 Å². The number of rotatable bonds is 4. The minimum atomic E-state index is -0.526. The van der Waals surface area contributed by atoms with E-state index in [2.05, 4.69) is 21.2 Å². The standard InChI is InChI=1S/C13H12BrN3O3/c1-16-8-11(17(19)20)6-12(16)13(18)15-10-4-2-9(7-14)3-5-10/h2-6,8H,7H2,1H3,(H,15,18). The molecule has 1 aromatic carbocycles. The highest BCUT2D eigenvalue weighted by Gasteiger charge is 2.17. The summed E-state index contributed by atoms with van der Waals surface area (Å²) in [4.78, 5) is 22.2. The van der Waals surface area contributed by atoms with E-state index in [0.717, 1.165) is 10.9 Å². The van der Waals surface area contributed by atoms with Gasteiger partial charge in [0.1, 0.15) is 5.69 Å². The minimum Gasteiger partial charge on any atom is -0.340 e. The van der Waals surface area contributed by atoms with Crippen LogP contribution in [0.25, 0.3) is 0 Å². The van der Waals surface area contributed by atoms with E-state index in [-0.39, 0.29) is 17.3 Å². The van der Waals surface area contributed by atoms with E-state index in [0.29, 0.717) is 5.69 Å². The molecule has 7 heteroatoms. The first kappa shape index (κ1) is 14.3. The van der Waals surface area contributed by atoms with Gasteiger partial charge in [-0.15, -0.1) is 0 Å². The number of hydrogen-bond acceptors (Lipinski definition) is 3. The fourth-order valence-electron chi connectivity index (χ4n) is 1.74. The summed E-state index contributed by atoms with van der Waals surface area (Å²) >= 11 is 3.34. The van der Waals surface area contributed by atoms with E-state index in [4.69, 9.17) is 0 Å². The Morgan fingerprint density at radius 2 is 2.05 bits per heavy atom. The minimum absolute atomic E-state index is 0.104. The maximum Gasteiger partial charge on any atom is 0.287 e. The molecule has 1 N–H and O–H groups in total. The van der Waals surface area contributed by atoms with E-state index in [9.17, 15) is 14.9 Å². The Kier molecular flexibility index (Phi) is 4.19. The number of hydrogen-bond donors (Lipinski definition) is 1. The van der Waals surface area contributed by atoms with Crippen molar-refractivity contribution in [2.24, 2.45) is 7.05 Å². The van der Waals surface area contributed by atoms with Gasteiger partial charge in [0.25, 0.3) is 11.6 Å². The van der Waals surface area contributed by atoms with Crippen LogP contribution in [-0.4, -0.2) is 15.4 Å². The van der Waals surface area contributed by atoms with Crippen molar-refractivity contribution >= 4 is 33.2 Å². The van der Waals surface area contributed by atoms with Gasteiger partial charge in [0.2, 0.25) is 0 Å². The van der Waals surface area contributed by atoms with Crippen LogP contribution in [0.15, 0.2) is 36.5 Å². The van der Waals surface area contributed by atoms with Gasteiger partial charge < -0.3 is 9.88 Å². The molecule has 0 saturated carbocycles. The number of amides is 1. The number of nitrogens with one attached hydrogen (secondary N) is 1. The van der Waals surface area contributed by atoms with E-state index >= 15 is 0 Å². The van der Waals surface area contributed by atoms with Crippen LogP contribution in [0.1, 0.15) is 16.1 Å². The number of halogens is 1. The first-order valence-corrected chi connectivity index (χ1v) is 6.90. The lowest BCUT2D eigenvalue weighted by atomic mass is 10.2. The average molecular weight is 338 g/mol. The SMILES string of the molecule is Cn1cc([N+](=O)[O-])cc1C(=O)Nc1ccc(CBr)cc1. The smallest absolute Gasteiger partial charge is 0.287 e. The van der Waals surface area contributed by atoms with Crippen LogP contribution in [-0.2, 0) is 12.4 Å². The van der Waals surface area contributed by atoms with Gasteiger partial charge in [-0.05, 0) is 17.7 Å². The molecule has 0 radical (unpaired) electrons. The van der Waals surface area contributed by atoms with Crippen molar-refractivity contribution in [2.75, 3.05) is 5.32 Å². The lowest BCUT2D eigenvalue weighted by Crippen LogP contribution is -2.15. The van der Waals surface area contributed by atoms with Gasteiger partial charge in [0.15, 0.2) is 0 Å². The fourth-order valence-corrected chi connectivity index (χ4v) is 2.12. The molecule has 2 rings (SSSR count). The zero-order valence-corrected chi connectivity index (χ0v) is 12.3. The van der Waals surface area contributed by atoms with Crippen LogP contribution < -0.4 is 5.32 Å². The quantitative estimate of drug-likeness (QED) is 0.529. The molecule has 0 fully saturated rings. The van der Waals surface area contributed by atoms with Crippen molar-refractivity contribution in [3.63, 3.8) is 0 Å². The lowest BCUT2D eigenvalue weighted by Gasteiger charge is -2.06. The van der Waals surface area contributed by atoms with Gasteiger partial charge >= 0.3 is 0 Å². The highest BCUT2D eigenvalue weighted by Crippen LogP contribution is 2.17. The normalized spacial score (nSPS) is 10.3. The summed E-state index contributed by atoms with van der Waals surface area (Å²) in [7, 11) is 1.59. The molecule has 0 aliphatic heterocycles. The van der Waals surface area contributed by atoms with Crippen LogP contribution in [0.3, 0.4) is 0 Å². The van der Waals surface area contributed by atoms with Crippen molar-refractivity contribution in [2.45, 2.75) is 5.33 Å². The molecule has 0 aliphatic carbocycles. The Hall–Kier alpha value is -2.15. The largest absolute Gasteiger partial charge is 0.340 e. The molecule has 0 spiro atoms. The van der Waals surface area contributed by atoms with Crippen LogP contribution in [0.4, 0.5) is 11.4 Å². The summed E-state index contributed by atoms with van der Waals surface area (Å²) in [6.07, 6.45) is 1.31. The number of aryl methyl sites for hydroxylation is 1. The topological polar surface area (TPSA) is 77.2 Å². The summed E-state index contributed by atoms with van der Waals surface area (Å²) < 4.78 is 1.43. The second kappa shape index (κ2) is 5.87. The van der Waals surface area contributed by atoms with E-state index in [1.165, 1.54) is 16.8 Å². The Bertz CT molecular complexity index is 649. The van der Waals surface area contributed by atoms with Gasteiger partial charge in [-0.25, -0.2) is 0 Å². The van der Waals surface area contributed by atoms with Crippen molar-refractivity contribution in [1.82, 2.24) is 4.57 Å². The number of alkyl halides is 1. The van der Waals surface area contributed by atoms with Crippen LogP contribution in [0, 0.1) is 10.1 Å². The summed E-state index contributed by atoms with van der Waals surface area (Å²) in [6, 6.07) is 8.59. The summed E-state index contributed by atoms with van der Waals surface area (Å²) in [5.41, 5.74) is 1.87. The monoisotopic (exact) mass is 337 g/mol. The number of carbonyl (C=O) groups is 1. The molecule has 1 heterocycles. The maximum absolute atomic E-state index is 12.1. The predicted octanol–water partition coefficient (Wildman–Crippen LogP) is 3.08. The average Bonchev–Trinajstić information content (AvgIpc) is 2.82. The van der Waals surface area contributed by atoms with E-state index in [1.807, 2.05) is 12.1 Å². The predicted molar refractivity (Wildman–Crippen MR) is 79.1 cm³/mol. The molecule has 0 bridgehead atoms. The number of aromatic nitrogens is 1. The molecule has 2 aromatic rings. The molecule has 0 atom stereocenters. The second-order valence-corrected chi connectivity index (χ2v) is 4.80. The summed E-state index contributed by atoms with van der Waals surface area (Å²) in [5.74, 6) is -0.382. The Balaban J connectivity index is 2.16. The Labute approximate surface area is 123 Å². The number of nitro groups is 1. The zero-order chi connectivity index (χ0) is 14.7. The number of nitrogens with zero attached hydrogens (tertiary/aromatic N) is 2. The second-order valence-electron chi connectivity index (χ2n) is 4.24. The third-order valence-corrected chi connectivity index (χ3v) is 3.45. The summed E-state index contributed by atoms with van der Waals surface area (Å²) in [5, 5.41) is 14.1.